The van der Waals surface area contributed by atoms with Crippen molar-refractivity contribution in [3.8, 4) is 22.8 Å². The van der Waals surface area contributed by atoms with E-state index in [1.54, 1.807) is 17.0 Å². The number of alkyl halides is 1. The molecule has 0 bridgehead atoms. The first kappa shape index (κ1) is 33.0. The fourth-order valence-corrected chi connectivity index (χ4v) is 6.66. The number of nitrogens with one attached hydrogen (secondary N) is 1. The summed E-state index contributed by atoms with van der Waals surface area (Å²) in [5.74, 6) is -0.279. The molecule has 6 rings (SSSR count). The number of halogens is 2. The average Bonchev–Trinajstić information content (AvgIpc) is 3.39. The molecule has 3 aliphatic rings. The van der Waals surface area contributed by atoms with Crippen LogP contribution in [0.2, 0.25) is 0 Å². The second-order valence-electron chi connectivity index (χ2n) is 13.4. The summed E-state index contributed by atoms with van der Waals surface area (Å²) in [7, 11) is 0. The maximum absolute atomic E-state index is 15.6. The highest BCUT2D eigenvalue weighted by atomic mass is 19.1. The second-order valence-corrected chi connectivity index (χ2v) is 13.4. The zero-order valence-corrected chi connectivity index (χ0v) is 27.3. The molecule has 0 spiro atoms. The molecule has 9 nitrogen and oxygen atoms in total. The molecule has 3 aromatic rings. The predicted octanol–water partition coefficient (Wildman–Crippen LogP) is 5.89. The molecule has 3 saturated heterocycles. The van der Waals surface area contributed by atoms with Gasteiger partial charge < -0.3 is 19.7 Å². The third-order valence-corrected chi connectivity index (χ3v) is 9.41. The van der Waals surface area contributed by atoms with Gasteiger partial charge in [0.15, 0.2) is 0 Å². The number of nitrogens with zero attached hydrogens (tertiary/aromatic N) is 4. The smallest absolute Gasteiger partial charge is 0.254 e. The number of piperidine rings is 1. The van der Waals surface area contributed by atoms with Gasteiger partial charge in [-0.3, -0.25) is 14.5 Å². The van der Waals surface area contributed by atoms with Gasteiger partial charge in [0, 0.05) is 63.0 Å². The Kier molecular flexibility index (Phi) is 10.1. The summed E-state index contributed by atoms with van der Waals surface area (Å²) in [5, 5.41) is 11.4. The number of rotatable bonds is 9. The molecule has 11 heteroatoms. The first-order chi connectivity index (χ1) is 22.6. The monoisotopic (exact) mass is 647 g/mol. The molecular weight excluding hydrogens is 604 g/mol. The molecule has 0 aliphatic carbocycles. The highest BCUT2D eigenvalue weighted by Crippen LogP contribution is 2.33. The third kappa shape index (κ3) is 7.79. The van der Waals surface area contributed by atoms with Crippen LogP contribution < -0.4 is 10.1 Å². The third-order valence-electron chi connectivity index (χ3n) is 9.41. The number of carbonyl (C=O) groups is 2. The maximum Gasteiger partial charge on any atom is 0.254 e. The minimum atomic E-state index is -1.28. The summed E-state index contributed by atoms with van der Waals surface area (Å²) in [5.41, 5.74) is 2.68. The molecule has 4 heterocycles. The zero-order chi connectivity index (χ0) is 33.1. The quantitative estimate of drug-likeness (QED) is 0.310. The Morgan fingerprint density at radius 3 is 2.47 bits per heavy atom. The number of likely N-dealkylation sites (tertiary alicyclic amines) is 2. The number of hydrogen-bond donors (Lipinski definition) is 1. The lowest BCUT2D eigenvalue weighted by Crippen LogP contribution is -2.55. The van der Waals surface area contributed by atoms with Gasteiger partial charge in [-0.15, -0.1) is 0 Å². The van der Waals surface area contributed by atoms with Gasteiger partial charge in [-0.2, -0.15) is 10.2 Å². The van der Waals surface area contributed by atoms with Gasteiger partial charge in [-0.05, 0) is 79.6 Å². The molecule has 1 N–H and O–H groups in total. The van der Waals surface area contributed by atoms with Crippen LogP contribution in [0, 0.1) is 11.7 Å². The highest BCUT2D eigenvalue weighted by molar-refractivity contribution is 5.95. The van der Waals surface area contributed by atoms with Crippen LogP contribution in [0.25, 0.3) is 11.3 Å². The summed E-state index contributed by atoms with van der Waals surface area (Å²) in [6.07, 6.45) is 1.32. The summed E-state index contributed by atoms with van der Waals surface area (Å²) >= 11 is 0. The summed E-state index contributed by atoms with van der Waals surface area (Å²) in [6, 6.07) is 13.3. The van der Waals surface area contributed by atoms with Crippen LogP contribution in [0.15, 0.2) is 48.5 Å². The first-order valence-corrected chi connectivity index (χ1v) is 16.6. The summed E-state index contributed by atoms with van der Waals surface area (Å²) in [6.45, 7) is 9.03. The van der Waals surface area contributed by atoms with E-state index in [-0.39, 0.29) is 48.2 Å². The molecular formula is C36H43F2N5O4. The summed E-state index contributed by atoms with van der Waals surface area (Å²) in [4.78, 5) is 29.8. The molecule has 0 unspecified atom stereocenters. The molecule has 3 fully saturated rings. The van der Waals surface area contributed by atoms with Crippen molar-refractivity contribution >= 4 is 11.8 Å². The standard InChI is InChI=1S/C36H43F2N5O4/c1-22(2)31-8-9-32(41-40-31)24-4-6-27(7-5-24)47-34-18-28(29(37)17-25(34)20-43-19-23(3)16-35(43)44)36(45)39-33-10-13-42(21-30(33)38)26-11-14-46-15-12-26/h4-9,17-18,22-23,26,30,33H,10-16,19-21H2,1-3H3,(H,39,45)/t23-,30-,33+/m0/s1. The van der Waals surface area contributed by atoms with Crippen molar-refractivity contribution in [2.24, 2.45) is 5.92 Å². The number of ether oxygens (including phenoxy) is 2. The molecule has 3 atom stereocenters. The highest BCUT2D eigenvalue weighted by Gasteiger charge is 2.35. The van der Waals surface area contributed by atoms with Gasteiger partial charge in [-0.25, -0.2) is 8.78 Å². The van der Waals surface area contributed by atoms with Crippen molar-refractivity contribution in [1.82, 2.24) is 25.3 Å². The minimum Gasteiger partial charge on any atom is -0.457 e. The van der Waals surface area contributed by atoms with E-state index < -0.39 is 23.9 Å². The SMILES string of the molecule is CC(C)c1ccc(-c2ccc(Oc3cc(C(=O)N[C@@H]4CCN(C5CCOCC5)C[C@@H]4F)c(F)cc3CN3C[C@@H](C)CC3=O)cc2)nn1. The Bertz CT molecular complexity index is 1560. The normalized spacial score (nSPS) is 22.6. The Hall–Kier alpha value is -3.96. The van der Waals surface area contributed by atoms with Crippen LogP contribution in [-0.2, 0) is 16.1 Å². The van der Waals surface area contributed by atoms with Gasteiger partial charge in [0.05, 0.1) is 23.0 Å². The van der Waals surface area contributed by atoms with Gasteiger partial charge in [0.1, 0.15) is 23.5 Å². The summed E-state index contributed by atoms with van der Waals surface area (Å²) < 4.78 is 42.6. The number of benzene rings is 2. The first-order valence-electron chi connectivity index (χ1n) is 16.6. The Labute approximate surface area is 274 Å². The fourth-order valence-electron chi connectivity index (χ4n) is 6.66. The molecule has 250 valence electrons. The van der Waals surface area contributed by atoms with Crippen LogP contribution in [0.3, 0.4) is 0 Å². The van der Waals surface area contributed by atoms with Gasteiger partial charge in [-0.1, -0.05) is 20.8 Å². The van der Waals surface area contributed by atoms with Crippen LogP contribution in [0.1, 0.15) is 74.0 Å². The molecule has 2 aromatic carbocycles. The zero-order valence-electron chi connectivity index (χ0n) is 27.3. The van der Waals surface area contributed by atoms with Gasteiger partial charge in [0.2, 0.25) is 5.91 Å². The van der Waals surface area contributed by atoms with Crippen LogP contribution in [0.5, 0.6) is 11.5 Å². The molecule has 47 heavy (non-hydrogen) atoms. The largest absolute Gasteiger partial charge is 0.457 e. The van der Waals surface area contributed by atoms with Crippen molar-refractivity contribution in [3.05, 3.63) is 71.2 Å². The lowest BCUT2D eigenvalue weighted by molar-refractivity contribution is -0.128. The Morgan fingerprint density at radius 2 is 1.83 bits per heavy atom. The number of aromatic nitrogens is 2. The van der Waals surface area contributed by atoms with Gasteiger partial charge in [0.25, 0.3) is 5.91 Å². The Morgan fingerprint density at radius 1 is 1.06 bits per heavy atom. The van der Waals surface area contributed by atoms with Crippen molar-refractivity contribution in [3.63, 3.8) is 0 Å². The number of carbonyl (C=O) groups excluding carboxylic acids is 2. The number of amides is 2. The lowest BCUT2D eigenvalue weighted by atomic mass is 9.98. The minimum absolute atomic E-state index is 0.0132. The van der Waals surface area contributed by atoms with E-state index in [0.29, 0.717) is 56.2 Å². The fraction of sp³-hybridized carbons (Fsp3) is 0.500. The van der Waals surface area contributed by atoms with E-state index in [2.05, 4.69) is 34.3 Å². The van der Waals surface area contributed by atoms with E-state index in [1.807, 2.05) is 31.2 Å². The van der Waals surface area contributed by atoms with Crippen LogP contribution in [-0.4, -0.2) is 82.9 Å². The molecule has 3 aliphatic heterocycles. The van der Waals surface area contributed by atoms with Gasteiger partial charge >= 0.3 is 0 Å². The van der Waals surface area contributed by atoms with Crippen molar-refractivity contribution in [2.75, 3.05) is 32.8 Å². The van der Waals surface area contributed by atoms with Crippen molar-refractivity contribution < 1.29 is 27.8 Å². The van der Waals surface area contributed by atoms with E-state index in [1.165, 1.54) is 12.1 Å². The second kappa shape index (κ2) is 14.4. The topological polar surface area (TPSA) is 96.9 Å². The predicted molar refractivity (Wildman–Crippen MR) is 173 cm³/mol. The molecule has 2 amide bonds. The lowest BCUT2D eigenvalue weighted by Gasteiger charge is -2.41. The van der Waals surface area contributed by atoms with Crippen LogP contribution in [0.4, 0.5) is 8.78 Å². The molecule has 1 aromatic heterocycles. The van der Waals surface area contributed by atoms with Crippen molar-refractivity contribution in [1.29, 1.82) is 0 Å². The molecule has 0 saturated carbocycles. The molecule has 0 radical (unpaired) electrons. The van der Waals surface area contributed by atoms with E-state index in [4.69, 9.17) is 9.47 Å². The van der Waals surface area contributed by atoms with E-state index >= 15 is 8.78 Å². The average molecular weight is 648 g/mol. The van der Waals surface area contributed by atoms with Crippen LogP contribution >= 0.6 is 0 Å². The maximum atomic E-state index is 15.6. The van der Waals surface area contributed by atoms with E-state index in [9.17, 15) is 9.59 Å². The number of hydrogen-bond acceptors (Lipinski definition) is 7. The Balaban J connectivity index is 1.20. The van der Waals surface area contributed by atoms with E-state index in [0.717, 1.165) is 24.1 Å². The van der Waals surface area contributed by atoms with Crippen molar-refractivity contribution in [2.45, 2.75) is 77.2 Å².